The van der Waals surface area contributed by atoms with Crippen molar-refractivity contribution in [3.63, 3.8) is 0 Å². The third-order valence-electron chi connectivity index (χ3n) is 3.80. The molecular formula is C18H24ClN. The van der Waals surface area contributed by atoms with Gasteiger partial charge in [0, 0.05) is 30.0 Å². The molecule has 0 aromatic heterocycles. The molecule has 0 unspecified atom stereocenters. The Kier molecular flexibility index (Phi) is 6.20. The van der Waals surface area contributed by atoms with Gasteiger partial charge in [-0.2, -0.15) is 0 Å². The van der Waals surface area contributed by atoms with E-state index in [0.29, 0.717) is 0 Å². The topological polar surface area (TPSA) is 3.24 Å². The van der Waals surface area contributed by atoms with Crippen molar-refractivity contribution in [2.75, 3.05) is 23.9 Å². The number of benzene rings is 2. The summed E-state index contributed by atoms with van der Waals surface area (Å²) in [6.07, 6.45) is 4.90. The Morgan fingerprint density at radius 1 is 0.900 bits per heavy atom. The summed E-state index contributed by atoms with van der Waals surface area (Å²) in [5, 5.41) is 2.68. The van der Waals surface area contributed by atoms with Crippen LogP contribution in [0.1, 0.15) is 32.6 Å². The lowest BCUT2D eigenvalue weighted by molar-refractivity contribution is 0.651. The summed E-state index contributed by atoms with van der Waals surface area (Å²) in [5.41, 5.74) is 1.36. The van der Waals surface area contributed by atoms with Crippen molar-refractivity contribution >= 4 is 28.1 Å². The highest BCUT2D eigenvalue weighted by Gasteiger charge is 2.07. The molecule has 0 spiro atoms. The number of fused-ring (bicyclic) bond motifs is 1. The summed E-state index contributed by atoms with van der Waals surface area (Å²) in [6, 6.07) is 15.2. The van der Waals surface area contributed by atoms with Gasteiger partial charge in [-0.25, -0.2) is 0 Å². The van der Waals surface area contributed by atoms with Gasteiger partial charge in [-0.3, -0.25) is 0 Å². The van der Waals surface area contributed by atoms with E-state index < -0.39 is 0 Å². The molecule has 0 aliphatic heterocycles. The zero-order valence-electron chi connectivity index (χ0n) is 12.3. The minimum atomic E-state index is 0.792. The van der Waals surface area contributed by atoms with Crippen molar-refractivity contribution in [1.29, 1.82) is 0 Å². The normalized spacial score (nSPS) is 10.9. The van der Waals surface area contributed by atoms with Gasteiger partial charge in [-0.1, -0.05) is 49.2 Å². The van der Waals surface area contributed by atoms with Crippen LogP contribution >= 0.6 is 11.6 Å². The fraction of sp³-hybridized carbons (Fsp3) is 0.444. The fourth-order valence-electron chi connectivity index (χ4n) is 2.68. The van der Waals surface area contributed by atoms with Crippen LogP contribution in [0.5, 0.6) is 0 Å². The number of alkyl halides is 1. The second-order valence-electron chi connectivity index (χ2n) is 5.18. The van der Waals surface area contributed by atoms with Crippen molar-refractivity contribution in [2.45, 2.75) is 32.6 Å². The van der Waals surface area contributed by atoms with Crippen LogP contribution in [0.25, 0.3) is 10.8 Å². The number of nitrogens with zero attached hydrogens (tertiary/aromatic N) is 1. The van der Waals surface area contributed by atoms with Crippen LogP contribution in [0.15, 0.2) is 42.5 Å². The van der Waals surface area contributed by atoms with Gasteiger partial charge >= 0.3 is 0 Å². The Balaban J connectivity index is 2.05. The molecule has 108 valence electrons. The predicted molar refractivity (Wildman–Crippen MR) is 91.0 cm³/mol. The van der Waals surface area contributed by atoms with E-state index in [2.05, 4.69) is 54.3 Å². The number of unbranched alkanes of at least 4 members (excludes halogenated alkanes) is 3. The summed E-state index contributed by atoms with van der Waals surface area (Å²) in [4.78, 5) is 2.49. The highest BCUT2D eigenvalue weighted by atomic mass is 35.5. The van der Waals surface area contributed by atoms with Crippen LogP contribution in [-0.4, -0.2) is 19.0 Å². The molecule has 0 fully saturated rings. The van der Waals surface area contributed by atoms with Gasteiger partial charge in [0.2, 0.25) is 0 Å². The zero-order chi connectivity index (χ0) is 14.2. The lowest BCUT2D eigenvalue weighted by Gasteiger charge is -2.24. The minimum absolute atomic E-state index is 0.792. The fourth-order valence-corrected chi connectivity index (χ4v) is 2.87. The van der Waals surface area contributed by atoms with Gasteiger partial charge in [0.05, 0.1) is 0 Å². The molecule has 0 radical (unpaired) electrons. The number of anilines is 1. The van der Waals surface area contributed by atoms with Gasteiger partial charge in [-0.15, -0.1) is 11.6 Å². The summed E-state index contributed by atoms with van der Waals surface area (Å²) in [7, 11) is 0. The van der Waals surface area contributed by atoms with E-state index in [1.807, 2.05) is 0 Å². The minimum Gasteiger partial charge on any atom is -0.371 e. The number of rotatable bonds is 8. The van der Waals surface area contributed by atoms with Crippen molar-refractivity contribution in [3.8, 4) is 0 Å². The molecule has 0 aliphatic carbocycles. The van der Waals surface area contributed by atoms with Crippen molar-refractivity contribution in [3.05, 3.63) is 42.5 Å². The number of hydrogen-bond donors (Lipinski definition) is 0. The van der Waals surface area contributed by atoms with E-state index in [-0.39, 0.29) is 0 Å². The van der Waals surface area contributed by atoms with E-state index in [4.69, 9.17) is 11.6 Å². The van der Waals surface area contributed by atoms with Crippen LogP contribution < -0.4 is 4.90 Å². The molecule has 0 N–H and O–H groups in total. The molecule has 0 aliphatic rings. The Labute approximate surface area is 127 Å². The Hall–Kier alpha value is -1.21. The first kappa shape index (κ1) is 15.2. The van der Waals surface area contributed by atoms with Gasteiger partial charge in [-0.05, 0) is 31.2 Å². The molecule has 0 atom stereocenters. The first-order valence-electron chi connectivity index (χ1n) is 7.65. The summed E-state index contributed by atoms with van der Waals surface area (Å²) < 4.78 is 0. The molecule has 0 heterocycles. The van der Waals surface area contributed by atoms with Crippen LogP contribution in [0.3, 0.4) is 0 Å². The van der Waals surface area contributed by atoms with Crippen molar-refractivity contribution in [2.24, 2.45) is 0 Å². The van der Waals surface area contributed by atoms with Crippen molar-refractivity contribution in [1.82, 2.24) is 0 Å². The Morgan fingerprint density at radius 3 is 2.45 bits per heavy atom. The lowest BCUT2D eigenvalue weighted by atomic mass is 10.1. The van der Waals surface area contributed by atoms with E-state index in [9.17, 15) is 0 Å². The predicted octanol–water partition coefficient (Wildman–Crippen LogP) is 5.47. The first-order valence-corrected chi connectivity index (χ1v) is 8.19. The largest absolute Gasteiger partial charge is 0.371 e. The Morgan fingerprint density at radius 2 is 1.65 bits per heavy atom. The van der Waals surface area contributed by atoms with Crippen LogP contribution in [0.2, 0.25) is 0 Å². The average Bonchev–Trinajstić information content (AvgIpc) is 2.51. The molecule has 2 rings (SSSR count). The third-order valence-corrected chi connectivity index (χ3v) is 4.07. The standard InChI is InChI=1S/C18H24ClN/c1-2-20(15-8-4-3-7-14-19)18-13-9-11-16-10-5-6-12-17(16)18/h5-6,9-13H,2-4,7-8,14-15H2,1H3. The zero-order valence-corrected chi connectivity index (χ0v) is 13.1. The van der Waals surface area contributed by atoms with Crippen LogP contribution in [0.4, 0.5) is 5.69 Å². The van der Waals surface area contributed by atoms with Crippen LogP contribution in [0, 0.1) is 0 Å². The second kappa shape index (κ2) is 8.16. The SMILES string of the molecule is CCN(CCCCCCCl)c1cccc2ccccc12. The summed E-state index contributed by atoms with van der Waals surface area (Å²) in [6.45, 7) is 4.43. The maximum absolute atomic E-state index is 5.72. The van der Waals surface area contributed by atoms with E-state index in [0.717, 1.165) is 25.4 Å². The van der Waals surface area contributed by atoms with E-state index >= 15 is 0 Å². The maximum atomic E-state index is 5.72. The quantitative estimate of drug-likeness (QED) is 0.460. The lowest BCUT2D eigenvalue weighted by Crippen LogP contribution is -2.24. The molecular weight excluding hydrogens is 266 g/mol. The van der Waals surface area contributed by atoms with Crippen LogP contribution in [-0.2, 0) is 0 Å². The summed E-state index contributed by atoms with van der Waals surface area (Å²) >= 11 is 5.72. The molecule has 0 amide bonds. The van der Waals surface area contributed by atoms with Gasteiger partial charge in [0.15, 0.2) is 0 Å². The molecule has 0 bridgehead atoms. The smallest absolute Gasteiger partial charge is 0.0445 e. The first-order chi connectivity index (χ1) is 9.86. The van der Waals surface area contributed by atoms with E-state index in [1.54, 1.807) is 0 Å². The van der Waals surface area contributed by atoms with Gasteiger partial charge < -0.3 is 4.90 Å². The highest BCUT2D eigenvalue weighted by Crippen LogP contribution is 2.26. The molecule has 2 aromatic rings. The van der Waals surface area contributed by atoms with Gasteiger partial charge in [0.1, 0.15) is 0 Å². The molecule has 2 aromatic carbocycles. The molecule has 2 heteroatoms. The second-order valence-corrected chi connectivity index (χ2v) is 5.56. The van der Waals surface area contributed by atoms with Gasteiger partial charge in [0.25, 0.3) is 0 Å². The number of hydrogen-bond acceptors (Lipinski definition) is 1. The molecule has 0 saturated heterocycles. The molecule has 20 heavy (non-hydrogen) atoms. The average molecular weight is 290 g/mol. The highest BCUT2D eigenvalue weighted by molar-refractivity contribution is 6.17. The molecule has 1 nitrogen and oxygen atoms in total. The number of halogens is 1. The maximum Gasteiger partial charge on any atom is 0.0445 e. The summed E-state index contributed by atoms with van der Waals surface area (Å²) in [5.74, 6) is 0.792. The Bertz CT molecular complexity index is 518. The van der Waals surface area contributed by atoms with Crippen molar-refractivity contribution < 1.29 is 0 Å². The monoisotopic (exact) mass is 289 g/mol. The molecule has 0 saturated carbocycles. The third kappa shape index (κ3) is 3.89. The van der Waals surface area contributed by atoms with E-state index in [1.165, 1.54) is 35.7 Å².